The average molecular weight is 499 g/mol. The highest BCUT2D eigenvalue weighted by Gasteiger charge is 2.33. The molecule has 2 aliphatic rings. The maximum Gasteiger partial charge on any atom is 0.257 e. The number of sulfonamides is 1. The Morgan fingerprint density at radius 1 is 1.03 bits per heavy atom. The predicted molar refractivity (Wildman–Crippen MR) is 122 cm³/mol. The molecule has 2 aliphatic heterocycles. The highest BCUT2D eigenvalue weighted by Crippen LogP contribution is 2.32. The normalized spacial score (nSPS) is 19.8. The standard InChI is InChI=1S/C22H24Cl2N2O5S/c23-18-7-3-8-19(24)21(18)32(28,29)26-12-10-25(11-13-26)22(27)17-6-1-2-9-20(17)31-15-16-5-4-14-30-16/h1-3,6-9,16H,4-5,10-15H2. The smallest absolute Gasteiger partial charge is 0.257 e. The molecule has 1 atom stereocenters. The third-order valence-electron chi connectivity index (χ3n) is 5.61. The van der Waals surface area contributed by atoms with Gasteiger partial charge in [0.1, 0.15) is 17.3 Å². The molecule has 7 nitrogen and oxygen atoms in total. The molecule has 2 aromatic carbocycles. The Morgan fingerprint density at radius 3 is 2.38 bits per heavy atom. The molecule has 2 aromatic rings. The molecule has 32 heavy (non-hydrogen) atoms. The van der Waals surface area contributed by atoms with Crippen molar-refractivity contribution in [2.75, 3.05) is 39.4 Å². The monoisotopic (exact) mass is 498 g/mol. The number of hydrogen-bond acceptors (Lipinski definition) is 5. The summed E-state index contributed by atoms with van der Waals surface area (Å²) in [7, 11) is -3.87. The summed E-state index contributed by atoms with van der Waals surface area (Å²) in [4.78, 5) is 14.7. The molecule has 0 bridgehead atoms. The van der Waals surface area contributed by atoms with E-state index in [-0.39, 0.29) is 53.1 Å². The lowest BCUT2D eigenvalue weighted by Gasteiger charge is -2.34. The highest BCUT2D eigenvalue weighted by molar-refractivity contribution is 7.89. The first kappa shape index (κ1) is 23.3. The van der Waals surface area contributed by atoms with Crippen molar-refractivity contribution < 1.29 is 22.7 Å². The first-order chi connectivity index (χ1) is 15.4. The largest absolute Gasteiger partial charge is 0.490 e. The summed E-state index contributed by atoms with van der Waals surface area (Å²) >= 11 is 12.2. The fourth-order valence-corrected chi connectivity index (χ4v) is 6.40. The number of piperazine rings is 1. The minimum Gasteiger partial charge on any atom is -0.490 e. The number of rotatable bonds is 6. The summed E-state index contributed by atoms with van der Waals surface area (Å²) in [6.45, 7) is 1.93. The Balaban J connectivity index is 1.43. The summed E-state index contributed by atoms with van der Waals surface area (Å²) < 4.78 is 38.9. The fraction of sp³-hybridized carbons (Fsp3) is 0.409. The number of ether oxygens (including phenoxy) is 2. The van der Waals surface area contributed by atoms with Crippen LogP contribution in [0.4, 0.5) is 0 Å². The van der Waals surface area contributed by atoms with Crippen LogP contribution < -0.4 is 4.74 Å². The third-order valence-corrected chi connectivity index (χ3v) is 8.46. The maximum absolute atomic E-state index is 13.2. The number of hydrogen-bond donors (Lipinski definition) is 0. The van der Waals surface area contributed by atoms with Gasteiger partial charge >= 0.3 is 0 Å². The lowest BCUT2D eigenvalue weighted by atomic mass is 10.1. The zero-order valence-corrected chi connectivity index (χ0v) is 19.7. The van der Waals surface area contributed by atoms with E-state index < -0.39 is 10.0 Å². The van der Waals surface area contributed by atoms with Crippen molar-refractivity contribution in [3.05, 3.63) is 58.1 Å². The third kappa shape index (κ3) is 4.89. The van der Waals surface area contributed by atoms with E-state index in [1.807, 2.05) is 6.07 Å². The molecule has 1 unspecified atom stereocenters. The topological polar surface area (TPSA) is 76.2 Å². The van der Waals surface area contributed by atoms with Crippen LogP contribution in [0.1, 0.15) is 23.2 Å². The molecule has 2 heterocycles. The van der Waals surface area contributed by atoms with E-state index in [2.05, 4.69) is 0 Å². The summed E-state index contributed by atoms with van der Waals surface area (Å²) in [5.74, 6) is 0.312. The van der Waals surface area contributed by atoms with E-state index in [0.29, 0.717) is 17.9 Å². The zero-order valence-electron chi connectivity index (χ0n) is 17.4. The van der Waals surface area contributed by atoms with Crippen molar-refractivity contribution in [3.8, 4) is 5.75 Å². The number of nitrogens with zero attached hydrogens (tertiary/aromatic N) is 2. The molecule has 0 spiro atoms. The molecule has 1 amide bonds. The first-order valence-corrected chi connectivity index (χ1v) is 12.6. The van der Waals surface area contributed by atoms with Crippen LogP contribution in [0.2, 0.25) is 10.0 Å². The molecule has 2 saturated heterocycles. The van der Waals surface area contributed by atoms with Gasteiger partial charge in [0.05, 0.1) is 21.7 Å². The van der Waals surface area contributed by atoms with Gasteiger partial charge in [0, 0.05) is 32.8 Å². The van der Waals surface area contributed by atoms with Gasteiger partial charge < -0.3 is 14.4 Å². The van der Waals surface area contributed by atoms with Gasteiger partial charge in [-0.1, -0.05) is 41.4 Å². The van der Waals surface area contributed by atoms with Gasteiger partial charge in [-0.05, 0) is 37.1 Å². The first-order valence-electron chi connectivity index (χ1n) is 10.4. The summed E-state index contributed by atoms with van der Waals surface area (Å²) in [5.41, 5.74) is 0.455. The van der Waals surface area contributed by atoms with E-state index in [4.69, 9.17) is 32.7 Å². The SMILES string of the molecule is O=C(c1ccccc1OCC1CCCO1)N1CCN(S(=O)(=O)c2c(Cl)cccc2Cl)CC1. The van der Waals surface area contributed by atoms with Crippen molar-refractivity contribution in [1.82, 2.24) is 9.21 Å². The molecule has 0 aromatic heterocycles. The van der Waals surface area contributed by atoms with Gasteiger partial charge in [-0.3, -0.25) is 4.79 Å². The number of benzene rings is 2. The van der Waals surface area contributed by atoms with E-state index >= 15 is 0 Å². The molecule has 0 radical (unpaired) electrons. The van der Waals surface area contributed by atoms with Gasteiger partial charge in [0.2, 0.25) is 10.0 Å². The zero-order chi connectivity index (χ0) is 22.7. The van der Waals surface area contributed by atoms with E-state index in [9.17, 15) is 13.2 Å². The molecule has 0 saturated carbocycles. The van der Waals surface area contributed by atoms with E-state index in [1.165, 1.54) is 16.4 Å². The van der Waals surface area contributed by atoms with Crippen LogP contribution in [0.25, 0.3) is 0 Å². The Labute approximate surface area is 197 Å². The van der Waals surface area contributed by atoms with Crippen molar-refractivity contribution >= 4 is 39.1 Å². The quantitative estimate of drug-likeness (QED) is 0.606. The van der Waals surface area contributed by atoms with Crippen LogP contribution >= 0.6 is 23.2 Å². The average Bonchev–Trinajstić information content (AvgIpc) is 3.31. The Kier molecular flexibility index (Phi) is 7.27. The Hall–Kier alpha value is -1.84. The number of carbonyl (C=O) groups is 1. The predicted octanol–water partition coefficient (Wildman–Crippen LogP) is 3.70. The Morgan fingerprint density at radius 2 is 1.72 bits per heavy atom. The summed E-state index contributed by atoms with van der Waals surface area (Å²) in [6, 6.07) is 11.7. The number of carbonyl (C=O) groups excluding carboxylic acids is 1. The van der Waals surface area contributed by atoms with Crippen LogP contribution in [-0.4, -0.2) is 69.0 Å². The lowest BCUT2D eigenvalue weighted by molar-refractivity contribution is 0.0632. The molecule has 0 aliphatic carbocycles. The molecule has 0 N–H and O–H groups in total. The van der Waals surface area contributed by atoms with Crippen molar-refractivity contribution in [1.29, 1.82) is 0 Å². The minimum absolute atomic E-state index is 0.0449. The van der Waals surface area contributed by atoms with Crippen LogP contribution in [0.5, 0.6) is 5.75 Å². The molecule has 10 heteroatoms. The minimum atomic E-state index is -3.87. The molecule has 2 fully saturated rings. The molecular weight excluding hydrogens is 475 g/mol. The van der Waals surface area contributed by atoms with Gasteiger partial charge in [-0.25, -0.2) is 8.42 Å². The molecule has 172 valence electrons. The fourth-order valence-electron chi connectivity index (χ4n) is 3.89. The van der Waals surface area contributed by atoms with Crippen LogP contribution in [0.15, 0.2) is 47.4 Å². The number of para-hydroxylation sites is 1. The van der Waals surface area contributed by atoms with E-state index in [1.54, 1.807) is 29.2 Å². The number of amides is 1. The lowest BCUT2D eigenvalue weighted by Crippen LogP contribution is -2.50. The highest BCUT2D eigenvalue weighted by atomic mass is 35.5. The van der Waals surface area contributed by atoms with Gasteiger partial charge in [-0.2, -0.15) is 4.31 Å². The second-order valence-electron chi connectivity index (χ2n) is 7.69. The van der Waals surface area contributed by atoms with Crippen molar-refractivity contribution in [2.24, 2.45) is 0 Å². The van der Waals surface area contributed by atoms with Gasteiger partial charge in [-0.15, -0.1) is 0 Å². The van der Waals surface area contributed by atoms with Gasteiger partial charge in [0.15, 0.2) is 0 Å². The Bertz CT molecular complexity index is 1060. The number of halogens is 2. The summed E-state index contributed by atoms with van der Waals surface area (Å²) in [6.07, 6.45) is 2.01. The molecular formula is C22H24Cl2N2O5S. The van der Waals surface area contributed by atoms with Crippen molar-refractivity contribution in [3.63, 3.8) is 0 Å². The molecule has 4 rings (SSSR count). The summed E-state index contributed by atoms with van der Waals surface area (Å²) in [5, 5.41) is 0.154. The second-order valence-corrected chi connectivity index (χ2v) is 10.4. The van der Waals surface area contributed by atoms with Gasteiger partial charge in [0.25, 0.3) is 5.91 Å². The van der Waals surface area contributed by atoms with Crippen LogP contribution in [-0.2, 0) is 14.8 Å². The van der Waals surface area contributed by atoms with Crippen molar-refractivity contribution in [2.45, 2.75) is 23.8 Å². The maximum atomic E-state index is 13.2. The van der Waals surface area contributed by atoms with Crippen LogP contribution in [0, 0.1) is 0 Å². The second kappa shape index (κ2) is 9.97. The van der Waals surface area contributed by atoms with Crippen LogP contribution in [0.3, 0.4) is 0 Å². The van der Waals surface area contributed by atoms with E-state index in [0.717, 1.165) is 19.4 Å².